The number of aromatic amines is 1. The summed E-state index contributed by atoms with van der Waals surface area (Å²) in [5.41, 5.74) is 1.64. The lowest BCUT2D eigenvalue weighted by Crippen LogP contribution is -2.32. The molecule has 0 bridgehead atoms. The highest BCUT2D eigenvalue weighted by molar-refractivity contribution is 7.87. The number of imidazole rings is 1. The summed E-state index contributed by atoms with van der Waals surface area (Å²) in [6.45, 7) is 0.0429. The molecule has 28 heavy (non-hydrogen) atoms. The summed E-state index contributed by atoms with van der Waals surface area (Å²) >= 11 is 5.76. The lowest BCUT2D eigenvalue weighted by molar-refractivity contribution is 0.319. The summed E-state index contributed by atoms with van der Waals surface area (Å²) < 4.78 is 37.3. The summed E-state index contributed by atoms with van der Waals surface area (Å²) in [5, 5.41) is 20.3. The topological polar surface area (TPSA) is 158 Å². The van der Waals surface area contributed by atoms with Gasteiger partial charge in [0.25, 0.3) is 10.2 Å². The Morgan fingerprint density at radius 3 is 2.86 bits per heavy atom. The van der Waals surface area contributed by atoms with Crippen molar-refractivity contribution in [2.75, 3.05) is 11.9 Å². The second kappa shape index (κ2) is 8.06. The number of nitrogens with zero attached hydrogens (tertiary/aromatic N) is 3. The zero-order valence-electron chi connectivity index (χ0n) is 14.1. The molecule has 3 rings (SSSR count). The van der Waals surface area contributed by atoms with E-state index in [-0.39, 0.29) is 23.8 Å². The fraction of sp³-hybridized carbons (Fsp3) is 0.133. The Morgan fingerprint density at radius 1 is 1.39 bits per heavy atom. The Kier molecular flexibility index (Phi) is 5.74. The maximum absolute atomic E-state index is 13.3. The van der Waals surface area contributed by atoms with Gasteiger partial charge in [-0.2, -0.15) is 8.42 Å². The van der Waals surface area contributed by atoms with Crippen LogP contribution in [0, 0.1) is 5.82 Å². The van der Waals surface area contributed by atoms with Gasteiger partial charge in [-0.25, -0.2) is 24.2 Å². The van der Waals surface area contributed by atoms with Gasteiger partial charge < -0.3 is 15.5 Å². The van der Waals surface area contributed by atoms with Gasteiger partial charge in [0.2, 0.25) is 0 Å². The number of nitrogens with two attached hydrogens (primary N) is 1. The van der Waals surface area contributed by atoms with Crippen molar-refractivity contribution < 1.29 is 18.0 Å². The third kappa shape index (κ3) is 4.72. The van der Waals surface area contributed by atoms with Gasteiger partial charge in [0.05, 0.1) is 10.5 Å². The Labute approximate surface area is 163 Å². The number of aromatic nitrogens is 3. The number of oxime groups is 1. The Balaban J connectivity index is 1.87. The molecule has 0 aliphatic carbocycles. The van der Waals surface area contributed by atoms with E-state index in [1.165, 1.54) is 24.4 Å². The molecule has 2 aromatic heterocycles. The zero-order chi connectivity index (χ0) is 20.3. The van der Waals surface area contributed by atoms with E-state index in [0.717, 1.165) is 0 Å². The molecular weight excluding hydrogens is 413 g/mol. The highest BCUT2D eigenvalue weighted by atomic mass is 35.5. The highest BCUT2D eigenvalue weighted by Crippen LogP contribution is 2.21. The minimum absolute atomic E-state index is 0.0429. The van der Waals surface area contributed by atoms with Crippen molar-refractivity contribution in [1.82, 2.24) is 19.7 Å². The Hall–Kier alpha value is -2.80. The van der Waals surface area contributed by atoms with Gasteiger partial charge in [-0.15, -0.1) is 0 Å². The van der Waals surface area contributed by atoms with E-state index in [2.05, 4.69) is 30.1 Å². The van der Waals surface area contributed by atoms with Crippen LogP contribution in [0.25, 0.3) is 11.2 Å². The number of nitrogens with one attached hydrogen (secondary N) is 3. The molecule has 13 heteroatoms. The van der Waals surface area contributed by atoms with Crippen LogP contribution in [0.2, 0.25) is 5.02 Å². The van der Waals surface area contributed by atoms with Crippen LogP contribution in [-0.4, -0.2) is 41.0 Å². The first-order valence-electron chi connectivity index (χ1n) is 7.82. The van der Waals surface area contributed by atoms with Gasteiger partial charge in [-0.05, 0) is 24.3 Å². The SMILES string of the molecule is NS(=O)(=O)NCCc1nc2nccc(/C(=N\O)Nc3ccc(F)c(Cl)c3)c2[nH]1. The molecule has 0 fully saturated rings. The van der Waals surface area contributed by atoms with Gasteiger partial charge in [0, 0.05) is 30.4 Å². The van der Waals surface area contributed by atoms with E-state index in [4.69, 9.17) is 16.7 Å². The quantitative estimate of drug-likeness (QED) is 0.173. The number of rotatable bonds is 6. The van der Waals surface area contributed by atoms with Crippen molar-refractivity contribution in [3.8, 4) is 0 Å². The monoisotopic (exact) mass is 427 g/mol. The van der Waals surface area contributed by atoms with Crippen LogP contribution in [0.5, 0.6) is 0 Å². The lowest BCUT2D eigenvalue weighted by Gasteiger charge is -2.09. The van der Waals surface area contributed by atoms with E-state index in [9.17, 15) is 18.0 Å². The molecule has 2 heterocycles. The molecule has 0 saturated carbocycles. The van der Waals surface area contributed by atoms with E-state index in [0.29, 0.717) is 28.2 Å². The van der Waals surface area contributed by atoms with E-state index >= 15 is 0 Å². The van der Waals surface area contributed by atoms with E-state index < -0.39 is 16.0 Å². The van der Waals surface area contributed by atoms with Gasteiger partial charge in [-0.3, -0.25) is 0 Å². The van der Waals surface area contributed by atoms with Crippen molar-refractivity contribution >= 4 is 44.5 Å². The first-order chi connectivity index (χ1) is 13.3. The van der Waals surface area contributed by atoms with Crippen LogP contribution < -0.4 is 15.2 Å². The number of fused-ring (bicyclic) bond motifs is 1. The number of hydrogen-bond acceptors (Lipinski definition) is 6. The molecule has 0 aliphatic rings. The maximum atomic E-state index is 13.3. The number of pyridine rings is 1. The molecule has 0 aliphatic heterocycles. The van der Waals surface area contributed by atoms with Gasteiger partial charge in [-0.1, -0.05) is 16.8 Å². The minimum Gasteiger partial charge on any atom is -0.409 e. The summed E-state index contributed by atoms with van der Waals surface area (Å²) in [6, 6.07) is 5.54. The van der Waals surface area contributed by atoms with Crippen molar-refractivity contribution in [2.24, 2.45) is 10.3 Å². The molecule has 148 valence electrons. The van der Waals surface area contributed by atoms with Gasteiger partial charge in [0.15, 0.2) is 11.5 Å². The first kappa shape index (κ1) is 19.9. The predicted molar refractivity (Wildman–Crippen MR) is 102 cm³/mol. The van der Waals surface area contributed by atoms with Crippen LogP contribution in [0.1, 0.15) is 11.4 Å². The molecule has 0 spiro atoms. The number of anilines is 1. The van der Waals surface area contributed by atoms with Gasteiger partial charge >= 0.3 is 0 Å². The number of amidine groups is 1. The Morgan fingerprint density at radius 2 is 2.18 bits per heavy atom. The smallest absolute Gasteiger partial charge is 0.274 e. The van der Waals surface area contributed by atoms with Crippen LogP contribution in [0.15, 0.2) is 35.6 Å². The van der Waals surface area contributed by atoms with Crippen molar-refractivity contribution in [3.63, 3.8) is 0 Å². The first-order valence-corrected chi connectivity index (χ1v) is 9.75. The van der Waals surface area contributed by atoms with Crippen molar-refractivity contribution in [3.05, 3.63) is 52.7 Å². The standard InChI is InChI=1S/C15H15ClFN7O3S/c16-10-7-8(1-2-11(10)17)21-14(24-25)9-3-5-19-15-13(9)22-12(23-15)4-6-20-28(18,26)27/h1-3,5,7,20,25H,4,6H2,(H,21,24)(H2,18,26,27)(H,19,22,23). The summed E-state index contributed by atoms with van der Waals surface area (Å²) in [4.78, 5) is 11.4. The molecule has 0 saturated heterocycles. The average molecular weight is 428 g/mol. The molecule has 1 aromatic carbocycles. The van der Waals surface area contributed by atoms with Gasteiger partial charge in [0.1, 0.15) is 11.6 Å². The third-order valence-corrected chi connectivity index (χ3v) is 4.54. The fourth-order valence-corrected chi connectivity index (χ4v) is 3.01. The number of halogens is 2. The van der Waals surface area contributed by atoms with E-state index in [1.807, 2.05) is 0 Å². The van der Waals surface area contributed by atoms with Crippen molar-refractivity contribution in [1.29, 1.82) is 0 Å². The lowest BCUT2D eigenvalue weighted by atomic mass is 10.2. The second-order valence-electron chi connectivity index (χ2n) is 5.63. The minimum atomic E-state index is -3.80. The molecule has 3 aromatic rings. The maximum Gasteiger partial charge on any atom is 0.274 e. The molecule has 0 radical (unpaired) electrons. The van der Waals surface area contributed by atoms with Crippen LogP contribution in [-0.2, 0) is 16.6 Å². The second-order valence-corrected chi connectivity index (χ2v) is 7.42. The molecule has 10 nitrogen and oxygen atoms in total. The molecular formula is C15H15ClFN7O3S. The summed E-state index contributed by atoms with van der Waals surface area (Å²) in [6.07, 6.45) is 1.70. The number of H-pyrrole nitrogens is 1. The summed E-state index contributed by atoms with van der Waals surface area (Å²) in [5.74, 6) is -0.0755. The summed E-state index contributed by atoms with van der Waals surface area (Å²) in [7, 11) is -3.80. The van der Waals surface area contributed by atoms with Crippen LogP contribution >= 0.6 is 11.6 Å². The molecule has 0 atom stereocenters. The average Bonchev–Trinajstić information content (AvgIpc) is 3.04. The molecule has 6 N–H and O–H groups in total. The normalized spacial score (nSPS) is 12.5. The van der Waals surface area contributed by atoms with Crippen LogP contribution in [0.4, 0.5) is 10.1 Å². The van der Waals surface area contributed by atoms with Crippen molar-refractivity contribution in [2.45, 2.75) is 6.42 Å². The predicted octanol–water partition coefficient (Wildman–Crippen LogP) is 1.33. The molecule has 0 unspecified atom stereocenters. The number of hydrogen-bond donors (Lipinski definition) is 5. The Bertz CT molecular complexity index is 1150. The highest BCUT2D eigenvalue weighted by Gasteiger charge is 2.15. The fourth-order valence-electron chi connectivity index (χ4n) is 2.44. The third-order valence-electron chi connectivity index (χ3n) is 3.64. The number of benzene rings is 1. The zero-order valence-corrected chi connectivity index (χ0v) is 15.7. The molecule has 0 amide bonds. The van der Waals surface area contributed by atoms with E-state index in [1.54, 1.807) is 6.07 Å². The largest absolute Gasteiger partial charge is 0.409 e. The van der Waals surface area contributed by atoms with Crippen LogP contribution in [0.3, 0.4) is 0 Å².